The van der Waals surface area contributed by atoms with Gasteiger partial charge in [-0.05, 0) is 74.6 Å². The molecule has 0 unspecified atom stereocenters. The van der Waals surface area contributed by atoms with Crippen LogP contribution in [0.3, 0.4) is 0 Å². The van der Waals surface area contributed by atoms with Crippen LogP contribution in [0.5, 0.6) is 17.2 Å². The fourth-order valence-electron chi connectivity index (χ4n) is 4.91. The summed E-state index contributed by atoms with van der Waals surface area (Å²) in [5.74, 6) is 1.25. The zero-order valence-corrected chi connectivity index (χ0v) is 23.4. The average molecular weight is 532 g/mol. The normalized spacial score (nSPS) is 14.1. The Balaban J connectivity index is 1.19. The minimum absolute atomic E-state index is 0.161. The summed E-state index contributed by atoms with van der Waals surface area (Å²) in [5.41, 5.74) is 4.29. The first-order chi connectivity index (χ1) is 19.1. The molecule has 7 heteroatoms. The number of carbonyl (C=O) groups excluding carboxylic acids is 1. The highest BCUT2D eigenvalue weighted by Gasteiger charge is 2.20. The predicted molar refractivity (Wildman–Crippen MR) is 155 cm³/mol. The Morgan fingerprint density at radius 3 is 2.26 bits per heavy atom. The minimum atomic E-state index is -0.161. The summed E-state index contributed by atoms with van der Waals surface area (Å²) in [7, 11) is 3.12. The molecule has 0 aliphatic carbocycles. The quantitative estimate of drug-likeness (QED) is 0.304. The third-order valence-electron chi connectivity index (χ3n) is 7.26. The van der Waals surface area contributed by atoms with E-state index in [1.165, 1.54) is 11.1 Å². The molecule has 0 bridgehead atoms. The summed E-state index contributed by atoms with van der Waals surface area (Å²) in [5, 5.41) is 6.69. The van der Waals surface area contributed by atoms with Gasteiger partial charge in [0.1, 0.15) is 6.61 Å². The van der Waals surface area contributed by atoms with Crippen LogP contribution < -0.4 is 24.8 Å². The van der Waals surface area contributed by atoms with E-state index in [0.29, 0.717) is 42.0 Å². The molecule has 208 valence electrons. The molecule has 3 aromatic rings. The second kappa shape index (κ2) is 14.6. The molecule has 1 heterocycles. The van der Waals surface area contributed by atoms with Crippen molar-refractivity contribution >= 4 is 5.91 Å². The van der Waals surface area contributed by atoms with Crippen molar-refractivity contribution in [1.29, 1.82) is 0 Å². The van der Waals surface area contributed by atoms with Crippen molar-refractivity contribution < 1.29 is 19.0 Å². The number of amides is 1. The molecule has 1 amide bonds. The Morgan fingerprint density at radius 2 is 1.59 bits per heavy atom. The molecule has 1 saturated heterocycles. The lowest BCUT2D eigenvalue weighted by Gasteiger charge is -2.32. The molecule has 7 nitrogen and oxygen atoms in total. The molecule has 2 N–H and O–H groups in total. The van der Waals surface area contributed by atoms with Crippen LogP contribution in [0.4, 0.5) is 0 Å². The first-order valence-corrected chi connectivity index (χ1v) is 13.8. The van der Waals surface area contributed by atoms with Crippen LogP contribution >= 0.6 is 0 Å². The van der Waals surface area contributed by atoms with Gasteiger partial charge in [0, 0.05) is 24.7 Å². The maximum atomic E-state index is 12.9. The van der Waals surface area contributed by atoms with Gasteiger partial charge in [-0.3, -0.25) is 9.69 Å². The molecule has 0 aromatic heterocycles. The molecule has 4 rings (SSSR count). The van der Waals surface area contributed by atoms with Crippen LogP contribution in [0.2, 0.25) is 0 Å². The van der Waals surface area contributed by atoms with Gasteiger partial charge >= 0.3 is 0 Å². The molecule has 0 saturated carbocycles. The highest BCUT2D eigenvalue weighted by molar-refractivity contribution is 5.95. The Kier molecular flexibility index (Phi) is 10.6. The smallest absolute Gasteiger partial charge is 0.251 e. The van der Waals surface area contributed by atoms with Gasteiger partial charge in [-0.15, -0.1) is 0 Å². The lowest BCUT2D eigenvalue weighted by molar-refractivity contribution is 0.0952. The van der Waals surface area contributed by atoms with Gasteiger partial charge in [-0.25, -0.2) is 0 Å². The fourth-order valence-corrected chi connectivity index (χ4v) is 4.91. The molecule has 39 heavy (non-hydrogen) atoms. The van der Waals surface area contributed by atoms with Crippen LogP contribution in [-0.4, -0.2) is 57.2 Å². The van der Waals surface area contributed by atoms with Gasteiger partial charge in [0.15, 0.2) is 11.5 Å². The molecule has 1 aliphatic rings. The second-order valence-corrected chi connectivity index (χ2v) is 10.0. The number of carbonyl (C=O) groups is 1. The SMILES string of the molecule is COc1cc(C(=O)NCCCNC2CCN(Cc3ccccc3C)CC2)cc(OC)c1OCc1ccccc1. The maximum absolute atomic E-state index is 12.9. The number of ether oxygens (including phenoxy) is 3. The van der Waals surface area contributed by atoms with Crippen LogP contribution in [0.1, 0.15) is 46.3 Å². The number of nitrogens with zero attached hydrogens (tertiary/aromatic N) is 1. The van der Waals surface area contributed by atoms with E-state index in [9.17, 15) is 4.79 Å². The molecule has 1 fully saturated rings. The topological polar surface area (TPSA) is 72.1 Å². The minimum Gasteiger partial charge on any atom is -0.493 e. The van der Waals surface area contributed by atoms with Gasteiger partial charge in [-0.1, -0.05) is 54.6 Å². The monoisotopic (exact) mass is 531 g/mol. The van der Waals surface area contributed by atoms with E-state index in [1.807, 2.05) is 30.3 Å². The summed E-state index contributed by atoms with van der Waals surface area (Å²) >= 11 is 0. The molecule has 0 atom stereocenters. The van der Waals surface area contributed by atoms with Gasteiger partial charge in [0.25, 0.3) is 5.91 Å². The number of piperidine rings is 1. The lowest BCUT2D eigenvalue weighted by atomic mass is 10.0. The average Bonchev–Trinajstić information content (AvgIpc) is 2.97. The molecule has 0 radical (unpaired) electrons. The lowest BCUT2D eigenvalue weighted by Crippen LogP contribution is -2.42. The number of hydrogen-bond acceptors (Lipinski definition) is 6. The number of nitrogens with one attached hydrogen (secondary N) is 2. The van der Waals surface area contributed by atoms with Crippen molar-refractivity contribution in [2.24, 2.45) is 0 Å². The predicted octanol–water partition coefficient (Wildman–Crippen LogP) is 4.97. The molecular weight excluding hydrogens is 490 g/mol. The fraction of sp³-hybridized carbons (Fsp3) is 0.406. The van der Waals surface area contributed by atoms with Crippen molar-refractivity contribution in [2.45, 2.75) is 45.4 Å². The number of methoxy groups -OCH3 is 2. The number of aryl methyl sites for hydroxylation is 1. The van der Waals surface area contributed by atoms with E-state index in [2.05, 4.69) is 46.7 Å². The maximum Gasteiger partial charge on any atom is 0.251 e. The van der Waals surface area contributed by atoms with Crippen LogP contribution in [0.15, 0.2) is 66.7 Å². The van der Waals surface area contributed by atoms with Crippen LogP contribution in [0.25, 0.3) is 0 Å². The molecule has 0 spiro atoms. The summed E-state index contributed by atoms with van der Waals surface area (Å²) in [6.45, 7) is 7.27. The zero-order valence-electron chi connectivity index (χ0n) is 23.4. The van der Waals surface area contributed by atoms with E-state index in [4.69, 9.17) is 14.2 Å². The second-order valence-electron chi connectivity index (χ2n) is 10.0. The number of hydrogen-bond donors (Lipinski definition) is 2. The van der Waals surface area contributed by atoms with Gasteiger partial charge in [0.05, 0.1) is 14.2 Å². The van der Waals surface area contributed by atoms with Crippen molar-refractivity contribution in [3.05, 3.63) is 89.0 Å². The van der Waals surface area contributed by atoms with Gasteiger partial charge in [-0.2, -0.15) is 0 Å². The zero-order chi connectivity index (χ0) is 27.5. The van der Waals surface area contributed by atoms with Gasteiger partial charge in [0.2, 0.25) is 5.75 Å². The van der Waals surface area contributed by atoms with Crippen molar-refractivity contribution in [3.63, 3.8) is 0 Å². The first-order valence-electron chi connectivity index (χ1n) is 13.8. The molecular formula is C32H41N3O4. The number of likely N-dealkylation sites (tertiary alicyclic amines) is 1. The highest BCUT2D eigenvalue weighted by Crippen LogP contribution is 2.39. The molecule has 1 aliphatic heterocycles. The third-order valence-corrected chi connectivity index (χ3v) is 7.26. The van der Waals surface area contributed by atoms with E-state index in [1.54, 1.807) is 26.4 Å². The van der Waals surface area contributed by atoms with Crippen molar-refractivity contribution in [1.82, 2.24) is 15.5 Å². The van der Waals surface area contributed by atoms with E-state index in [0.717, 1.165) is 51.0 Å². The largest absolute Gasteiger partial charge is 0.493 e. The Bertz CT molecular complexity index is 1170. The first kappa shape index (κ1) is 28.5. The van der Waals surface area contributed by atoms with Crippen molar-refractivity contribution in [2.75, 3.05) is 40.4 Å². The highest BCUT2D eigenvalue weighted by atomic mass is 16.5. The summed E-state index contributed by atoms with van der Waals surface area (Å²) in [6.07, 6.45) is 3.16. The van der Waals surface area contributed by atoms with Crippen LogP contribution in [-0.2, 0) is 13.2 Å². The Hall–Kier alpha value is -3.55. The molecule has 3 aromatic carbocycles. The summed E-state index contributed by atoms with van der Waals surface area (Å²) in [4.78, 5) is 15.4. The Labute approximate surface area is 232 Å². The number of rotatable bonds is 13. The van der Waals surface area contributed by atoms with E-state index < -0.39 is 0 Å². The third kappa shape index (κ3) is 8.22. The van der Waals surface area contributed by atoms with E-state index in [-0.39, 0.29) is 5.91 Å². The number of benzene rings is 3. The Morgan fingerprint density at radius 1 is 0.923 bits per heavy atom. The summed E-state index contributed by atoms with van der Waals surface area (Å²) in [6, 6.07) is 22.4. The summed E-state index contributed by atoms with van der Waals surface area (Å²) < 4.78 is 17.0. The van der Waals surface area contributed by atoms with Gasteiger partial charge < -0.3 is 24.8 Å². The van der Waals surface area contributed by atoms with E-state index >= 15 is 0 Å². The van der Waals surface area contributed by atoms with Crippen LogP contribution in [0, 0.1) is 6.92 Å². The standard InChI is InChI=1S/C32H41N3O4/c1-24-10-7-8-13-26(24)22-35-18-14-28(15-19-35)33-16-9-17-34-32(36)27-20-29(37-2)31(30(21-27)38-3)39-23-25-11-5-4-6-12-25/h4-8,10-13,20-21,28,33H,9,14-19,22-23H2,1-3H3,(H,34,36). The van der Waals surface area contributed by atoms with Crippen molar-refractivity contribution in [3.8, 4) is 17.2 Å².